The molecule has 5 nitrogen and oxygen atoms in total. The van der Waals surface area contributed by atoms with Crippen LogP contribution in [0, 0.1) is 12.8 Å². The predicted molar refractivity (Wildman–Crippen MR) is 72.1 cm³/mol. The zero-order valence-electron chi connectivity index (χ0n) is 10.8. The Morgan fingerprint density at radius 3 is 2.63 bits per heavy atom. The number of benzene rings is 1. The van der Waals surface area contributed by atoms with Crippen LogP contribution in [-0.2, 0) is 4.79 Å². The van der Waals surface area contributed by atoms with Gasteiger partial charge in [0.05, 0.1) is 5.92 Å². The van der Waals surface area contributed by atoms with Gasteiger partial charge in [0.2, 0.25) is 0 Å². The maximum absolute atomic E-state index is 11.8. The fourth-order valence-corrected chi connectivity index (χ4v) is 2.39. The van der Waals surface area contributed by atoms with E-state index in [-0.39, 0.29) is 18.0 Å². The van der Waals surface area contributed by atoms with Gasteiger partial charge in [-0.25, -0.2) is 4.79 Å². The first-order valence-corrected chi connectivity index (χ1v) is 6.42. The highest BCUT2D eigenvalue weighted by atomic mass is 16.4. The number of para-hydroxylation sites is 1. The molecule has 102 valence electrons. The van der Waals surface area contributed by atoms with E-state index < -0.39 is 5.97 Å². The second-order valence-electron chi connectivity index (χ2n) is 4.96. The van der Waals surface area contributed by atoms with Crippen molar-refractivity contribution in [1.82, 2.24) is 5.32 Å². The third-order valence-corrected chi connectivity index (χ3v) is 3.51. The smallest absolute Gasteiger partial charge is 0.319 e. The van der Waals surface area contributed by atoms with Crippen LogP contribution in [-0.4, -0.2) is 23.1 Å². The number of anilines is 1. The van der Waals surface area contributed by atoms with E-state index in [9.17, 15) is 9.59 Å². The Kier molecular flexibility index (Phi) is 4.04. The van der Waals surface area contributed by atoms with Crippen molar-refractivity contribution in [3.8, 4) is 0 Å². The number of nitrogens with one attached hydrogen (secondary N) is 2. The summed E-state index contributed by atoms with van der Waals surface area (Å²) in [6.45, 7) is 1.92. The third-order valence-electron chi connectivity index (χ3n) is 3.51. The van der Waals surface area contributed by atoms with Crippen LogP contribution in [0.1, 0.15) is 24.8 Å². The molecule has 0 unspecified atom stereocenters. The number of carbonyl (C=O) groups is 2. The van der Waals surface area contributed by atoms with Gasteiger partial charge in [-0.3, -0.25) is 4.79 Å². The van der Waals surface area contributed by atoms with Crippen molar-refractivity contribution in [2.45, 2.75) is 32.2 Å². The summed E-state index contributed by atoms with van der Waals surface area (Å²) in [5.74, 6) is -1.10. The van der Waals surface area contributed by atoms with Gasteiger partial charge in [0.25, 0.3) is 0 Å². The topological polar surface area (TPSA) is 78.4 Å². The fraction of sp³-hybridized carbons (Fsp3) is 0.429. The van der Waals surface area contributed by atoms with Crippen molar-refractivity contribution < 1.29 is 14.7 Å². The maximum atomic E-state index is 11.8. The molecule has 1 aromatic carbocycles. The molecule has 0 saturated heterocycles. The van der Waals surface area contributed by atoms with E-state index in [1.54, 1.807) is 0 Å². The van der Waals surface area contributed by atoms with E-state index in [4.69, 9.17) is 5.11 Å². The summed E-state index contributed by atoms with van der Waals surface area (Å²) >= 11 is 0. The number of carbonyl (C=O) groups excluding carboxylic acids is 1. The molecule has 0 spiro atoms. The summed E-state index contributed by atoms with van der Waals surface area (Å²) < 4.78 is 0. The highest BCUT2D eigenvalue weighted by Gasteiger charge is 2.30. The zero-order chi connectivity index (χ0) is 13.8. The van der Waals surface area contributed by atoms with E-state index in [0.717, 1.165) is 17.7 Å². The van der Waals surface area contributed by atoms with Crippen LogP contribution in [0.3, 0.4) is 0 Å². The Bertz CT molecular complexity index is 487. The minimum Gasteiger partial charge on any atom is -0.481 e. The molecule has 0 bridgehead atoms. The molecule has 2 atom stereocenters. The van der Waals surface area contributed by atoms with Crippen molar-refractivity contribution in [3.63, 3.8) is 0 Å². The summed E-state index contributed by atoms with van der Waals surface area (Å²) in [5, 5.41) is 14.5. The highest BCUT2D eigenvalue weighted by molar-refractivity contribution is 5.90. The molecule has 1 fully saturated rings. The van der Waals surface area contributed by atoms with Gasteiger partial charge in [0.1, 0.15) is 0 Å². The van der Waals surface area contributed by atoms with Gasteiger partial charge in [-0.2, -0.15) is 0 Å². The Morgan fingerprint density at radius 2 is 2.00 bits per heavy atom. The molecule has 2 rings (SSSR count). The molecular weight excluding hydrogens is 244 g/mol. The fourth-order valence-electron chi connectivity index (χ4n) is 2.39. The average molecular weight is 262 g/mol. The number of rotatable bonds is 3. The van der Waals surface area contributed by atoms with Crippen LogP contribution < -0.4 is 10.6 Å². The molecule has 0 aliphatic heterocycles. The lowest BCUT2D eigenvalue weighted by molar-refractivity contribution is -0.141. The normalized spacial score (nSPS) is 21.9. The zero-order valence-corrected chi connectivity index (χ0v) is 10.8. The number of aryl methyl sites for hydroxylation is 1. The quantitative estimate of drug-likeness (QED) is 0.782. The van der Waals surface area contributed by atoms with E-state index in [2.05, 4.69) is 10.6 Å². The van der Waals surface area contributed by atoms with Crippen molar-refractivity contribution in [3.05, 3.63) is 29.8 Å². The van der Waals surface area contributed by atoms with Crippen LogP contribution in [0.5, 0.6) is 0 Å². The molecule has 5 heteroatoms. The van der Waals surface area contributed by atoms with Gasteiger partial charge in [-0.1, -0.05) is 18.2 Å². The first-order chi connectivity index (χ1) is 9.06. The Labute approximate surface area is 112 Å². The molecule has 1 aromatic rings. The summed E-state index contributed by atoms with van der Waals surface area (Å²) in [6, 6.07) is 7.20. The molecule has 1 aliphatic carbocycles. The maximum Gasteiger partial charge on any atom is 0.319 e. The van der Waals surface area contributed by atoms with E-state index in [1.807, 2.05) is 31.2 Å². The van der Waals surface area contributed by atoms with E-state index in [0.29, 0.717) is 12.8 Å². The van der Waals surface area contributed by atoms with Gasteiger partial charge in [0, 0.05) is 11.7 Å². The van der Waals surface area contributed by atoms with Gasteiger partial charge >= 0.3 is 12.0 Å². The average Bonchev–Trinajstić information content (AvgIpc) is 2.80. The minimum absolute atomic E-state index is 0.0508. The van der Waals surface area contributed by atoms with Gasteiger partial charge in [-0.05, 0) is 37.8 Å². The van der Waals surface area contributed by atoms with Crippen LogP contribution in [0.15, 0.2) is 24.3 Å². The van der Waals surface area contributed by atoms with E-state index in [1.165, 1.54) is 0 Å². The standard InChI is InChI=1S/C14H18N2O3/c1-9-4-2-3-5-12(9)16-14(19)15-11-7-6-10(8-11)13(17)18/h2-5,10-11H,6-8H2,1H3,(H,17,18)(H2,15,16,19)/t10-,11+/m1/s1. The first-order valence-electron chi connectivity index (χ1n) is 6.42. The van der Waals surface area contributed by atoms with Crippen LogP contribution in [0.2, 0.25) is 0 Å². The molecule has 19 heavy (non-hydrogen) atoms. The summed E-state index contributed by atoms with van der Waals surface area (Å²) in [5.41, 5.74) is 1.76. The van der Waals surface area contributed by atoms with E-state index >= 15 is 0 Å². The molecule has 2 amide bonds. The van der Waals surface area contributed by atoms with Crippen molar-refractivity contribution in [2.75, 3.05) is 5.32 Å². The lowest BCUT2D eigenvalue weighted by atomic mass is 10.1. The second-order valence-corrected chi connectivity index (χ2v) is 4.96. The molecule has 3 N–H and O–H groups in total. The Morgan fingerprint density at radius 1 is 1.26 bits per heavy atom. The summed E-state index contributed by atoms with van der Waals surface area (Å²) in [6.07, 6.45) is 1.86. The predicted octanol–water partition coefficient (Wildman–Crippen LogP) is 2.37. The lowest BCUT2D eigenvalue weighted by Crippen LogP contribution is -2.36. The molecule has 0 aromatic heterocycles. The number of amides is 2. The molecule has 1 saturated carbocycles. The highest BCUT2D eigenvalue weighted by Crippen LogP contribution is 2.25. The monoisotopic (exact) mass is 262 g/mol. The number of aliphatic carboxylic acids is 1. The second kappa shape index (κ2) is 5.73. The Hall–Kier alpha value is -2.04. The van der Waals surface area contributed by atoms with Gasteiger partial charge in [-0.15, -0.1) is 0 Å². The molecule has 0 heterocycles. The first kappa shape index (κ1) is 13.4. The largest absolute Gasteiger partial charge is 0.481 e. The van der Waals surface area contributed by atoms with Crippen molar-refractivity contribution in [1.29, 1.82) is 0 Å². The minimum atomic E-state index is -0.774. The van der Waals surface area contributed by atoms with Crippen molar-refractivity contribution >= 4 is 17.7 Å². The SMILES string of the molecule is Cc1ccccc1NC(=O)N[C@H]1CC[C@@H](C(=O)O)C1. The number of urea groups is 1. The summed E-state index contributed by atoms with van der Waals surface area (Å²) in [7, 11) is 0. The number of carboxylic acids is 1. The van der Waals surface area contributed by atoms with Gasteiger partial charge < -0.3 is 15.7 Å². The van der Waals surface area contributed by atoms with Crippen LogP contribution in [0.25, 0.3) is 0 Å². The number of carboxylic acid groups (broad SMARTS) is 1. The molecule has 1 aliphatic rings. The Balaban J connectivity index is 1.86. The molecular formula is C14H18N2O3. The van der Waals surface area contributed by atoms with Crippen LogP contribution >= 0.6 is 0 Å². The van der Waals surface area contributed by atoms with Crippen molar-refractivity contribution in [2.24, 2.45) is 5.92 Å². The summed E-state index contributed by atoms with van der Waals surface area (Å²) in [4.78, 5) is 22.7. The third kappa shape index (κ3) is 3.47. The van der Waals surface area contributed by atoms with Gasteiger partial charge in [0.15, 0.2) is 0 Å². The molecule has 0 radical (unpaired) electrons. The lowest BCUT2D eigenvalue weighted by Gasteiger charge is -2.14. The number of hydrogen-bond donors (Lipinski definition) is 3. The van der Waals surface area contributed by atoms with Crippen LogP contribution in [0.4, 0.5) is 10.5 Å². The number of hydrogen-bond acceptors (Lipinski definition) is 2.